The summed E-state index contributed by atoms with van der Waals surface area (Å²) in [6.07, 6.45) is 2.00. The van der Waals surface area contributed by atoms with Gasteiger partial charge in [0, 0.05) is 44.4 Å². The lowest BCUT2D eigenvalue weighted by molar-refractivity contribution is -0.153. The van der Waals surface area contributed by atoms with Crippen LogP contribution in [0.25, 0.3) is 0 Å². The van der Waals surface area contributed by atoms with Gasteiger partial charge in [-0.3, -0.25) is 9.59 Å². The van der Waals surface area contributed by atoms with Gasteiger partial charge in [0.2, 0.25) is 0 Å². The van der Waals surface area contributed by atoms with E-state index < -0.39 is 12.0 Å². The Hall–Kier alpha value is -4.20. The smallest absolute Gasteiger partial charge is 0.329 e. The van der Waals surface area contributed by atoms with Gasteiger partial charge in [0.05, 0.1) is 0 Å². The summed E-state index contributed by atoms with van der Waals surface area (Å²) in [4.78, 5) is 46.4. The molecule has 35 heavy (non-hydrogen) atoms. The Morgan fingerprint density at radius 2 is 1.51 bits per heavy atom. The number of hydrogen-bond acceptors (Lipinski definition) is 6. The van der Waals surface area contributed by atoms with E-state index in [1.54, 1.807) is 35.4 Å². The first-order valence-corrected chi connectivity index (χ1v) is 11.6. The quantitative estimate of drug-likeness (QED) is 0.506. The van der Waals surface area contributed by atoms with E-state index >= 15 is 0 Å². The standard InChI is InChI=1S/C27H28N4O4/c32-25(31-17-15-30(16-18-31)24-13-7-8-14-28-24)20-35-27(34)23(19-21-9-3-1-4-10-21)29-26(33)22-11-5-2-6-12-22/h1-14,23H,15-20H2,(H,29,33). The van der Waals surface area contributed by atoms with E-state index in [0.717, 1.165) is 11.4 Å². The van der Waals surface area contributed by atoms with Gasteiger partial charge in [-0.2, -0.15) is 0 Å². The summed E-state index contributed by atoms with van der Waals surface area (Å²) in [5.41, 5.74) is 1.32. The fourth-order valence-corrected chi connectivity index (χ4v) is 3.92. The molecule has 8 nitrogen and oxygen atoms in total. The molecule has 180 valence electrons. The summed E-state index contributed by atoms with van der Waals surface area (Å²) < 4.78 is 5.37. The predicted molar refractivity (Wildman–Crippen MR) is 132 cm³/mol. The van der Waals surface area contributed by atoms with Crippen LogP contribution in [0, 0.1) is 0 Å². The Labute approximate surface area is 204 Å². The minimum Gasteiger partial charge on any atom is -0.454 e. The van der Waals surface area contributed by atoms with Gasteiger partial charge in [0.15, 0.2) is 6.61 Å². The van der Waals surface area contributed by atoms with Crippen molar-refractivity contribution in [2.45, 2.75) is 12.5 Å². The molecule has 8 heteroatoms. The second kappa shape index (κ2) is 11.8. The van der Waals surface area contributed by atoms with Gasteiger partial charge in [-0.15, -0.1) is 0 Å². The fourth-order valence-electron chi connectivity index (χ4n) is 3.92. The molecule has 1 saturated heterocycles. The molecule has 0 radical (unpaired) electrons. The molecule has 2 aromatic carbocycles. The highest BCUT2D eigenvalue weighted by Crippen LogP contribution is 2.13. The van der Waals surface area contributed by atoms with Gasteiger partial charge < -0.3 is 19.9 Å². The van der Waals surface area contributed by atoms with Crippen LogP contribution >= 0.6 is 0 Å². The number of pyridine rings is 1. The summed E-state index contributed by atoms with van der Waals surface area (Å²) in [6, 6.07) is 22.9. The molecule has 2 heterocycles. The lowest BCUT2D eigenvalue weighted by Gasteiger charge is -2.35. The van der Waals surface area contributed by atoms with Crippen LogP contribution in [0.15, 0.2) is 85.1 Å². The number of hydrogen-bond donors (Lipinski definition) is 1. The SMILES string of the molecule is O=C(NC(Cc1ccccc1)C(=O)OCC(=O)N1CCN(c2ccccn2)CC1)c1ccccc1. The van der Waals surface area contributed by atoms with Crippen LogP contribution in [0.1, 0.15) is 15.9 Å². The molecule has 0 aliphatic carbocycles. The van der Waals surface area contributed by atoms with Crippen molar-refractivity contribution in [1.82, 2.24) is 15.2 Å². The maximum absolute atomic E-state index is 12.9. The van der Waals surface area contributed by atoms with E-state index in [2.05, 4.69) is 15.2 Å². The van der Waals surface area contributed by atoms with E-state index in [0.29, 0.717) is 31.7 Å². The van der Waals surface area contributed by atoms with E-state index in [9.17, 15) is 14.4 Å². The largest absolute Gasteiger partial charge is 0.454 e. The first-order valence-electron chi connectivity index (χ1n) is 11.6. The number of carbonyl (C=O) groups excluding carboxylic acids is 3. The maximum atomic E-state index is 12.9. The van der Waals surface area contributed by atoms with E-state index in [1.165, 1.54) is 0 Å². The Kier molecular flexibility index (Phi) is 8.06. The summed E-state index contributed by atoms with van der Waals surface area (Å²) in [5, 5.41) is 2.76. The van der Waals surface area contributed by atoms with E-state index in [1.807, 2.05) is 54.6 Å². The van der Waals surface area contributed by atoms with Crippen LogP contribution in [0.5, 0.6) is 0 Å². The zero-order valence-electron chi connectivity index (χ0n) is 19.4. The average Bonchev–Trinajstić information content (AvgIpc) is 2.92. The van der Waals surface area contributed by atoms with Gasteiger partial charge in [-0.25, -0.2) is 9.78 Å². The van der Waals surface area contributed by atoms with Crippen LogP contribution in [0.3, 0.4) is 0 Å². The molecule has 4 rings (SSSR count). The second-order valence-corrected chi connectivity index (χ2v) is 8.25. The highest BCUT2D eigenvalue weighted by molar-refractivity contribution is 5.97. The summed E-state index contributed by atoms with van der Waals surface area (Å²) in [7, 11) is 0. The van der Waals surface area contributed by atoms with Crippen LogP contribution in [-0.2, 0) is 20.7 Å². The number of benzene rings is 2. The first kappa shape index (κ1) is 23.9. The summed E-state index contributed by atoms with van der Waals surface area (Å²) in [6.45, 7) is 1.98. The lowest BCUT2D eigenvalue weighted by atomic mass is 10.1. The molecule has 2 amide bonds. The van der Waals surface area contributed by atoms with Crippen LogP contribution in [-0.4, -0.2) is 66.5 Å². The number of anilines is 1. The number of piperazine rings is 1. The molecule has 0 saturated carbocycles. The molecule has 0 spiro atoms. The number of amides is 2. The minimum absolute atomic E-state index is 0.258. The van der Waals surface area contributed by atoms with Crippen LogP contribution < -0.4 is 10.2 Å². The lowest BCUT2D eigenvalue weighted by Crippen LogP contribution is -2.50. The molecule has 1 unspecified atom stereocenters. The molecule has 1 fully saturated rings. The van der Waals surface area contributed by atoms with Crippen molar-refractivity contribution in [3.63, 3.8) is 0 Å². The Bertz CT molecular complexity index is 1120. The highest BCUT2D eigenvalue weighted by Gasteiger charge is 2.26. The zero-order valence-corrected chi connectivity index (χ0v) is 19.4. The fraction of sp³-hybridized carbons (Fsp3) is 0.259. The number of rotatable bonds is 8. The normalized spacial score (nSPS) is 14.2. The summed E-state index contributed by atoms with van der Waals surface area (Å²) in [5.74, 6) is -0.394. The Morgan fingerprint density at radius 1 is 0.857 bits per heavy atom. The molecular formula is C27H28N4O4. The number of carbonyl (C=O) groups is 3. The van der Waals surface area contributed by atoms with Gasteiger partial charge in [0.25, 0.3) is 11.8 Å². The second-order valence-electron chi connectivity index (χ2n) is 8.25. The molecular weight excluding hydrogens is 444 g/mol. The van der Waals surface area contributed by atoms with Gasteiger partial charge in [-0.1, -0.05) is 54.6 Å². The predicted octanol–water partition coefficient (Wildman–Crippen LogP) is 2.31. The molecule has 3 aromatic rings. The summed E-state index contributed by atoms with van der Waals surface area (Å²) >= 11 is 0. The van der Waals surface area contributed by atoms with Crippen molar-refractivity contribution in [2.75, 3.05) is 37.7 Å². The molecule has 0 bridgehead atoms. The maximum Gasteiger partial charge on any atom is 0.329 e. The molecule has 1 aromatic heterocycles. The van der Waals surface area contributed by atoms with Gasteiger partial charge in [0.1, 0.15) is 11.9 Å². The van der Waals surface area contributed by atoms with E-state index in [-0.39, 0.29) is 24.8 Å². The van der Waals surface area contributed by atoms with E-state index in [4.69, 9.17) is 4.74 Å². The Morgan fingerprint density at radius 3 is 2.17 bits per heavy atom. The van der Waals surface area contributed by atoms with Crippen molar-refractivity contribution in [3.05, 3.63) is 96.2 Å². The van der Waals surface area contributed by atoms with Crippen molar-refractivity contribution < 1.29 is 19.1 Å². The van der Waals surface area contributed by atoms with Crippen molar-refractivity contribution in [3.8, 4) is 0 Å². The van der Waals surface area contributed by atoms with Crippen molar-refractivity contribution in [1.29, 1.82) is 0 Å². The molecule has 1 N–H and O–H groups in total. The van der Waals surface area contributed by atoms with Gasteiger partial charge >= 0.3 is 5.97 Å². The number of aromatic nitrogens is 1. The van der Waals surface area contributed by atoms with Crippen molar-refractivity contribution >= 4 is 23.6 Å². The molecule has 1 atom stereocenters. The third kappa shape index (κ3) is 6.66. The minimum atomic E-state index is -0.918. The van der Waals surface area contributed by atoms with Gasteiger partial charge in [-0.05, 0) is 29.8 Å². The average molecular weight is 473 g/mol. The molecule has 1 aliphatic heterocycles. The molecule has 1 aliphatic rings. The number of esters is 1. The third-order valence-corrected chi connectivity index (χ3v) is 5.85. The number of ether oxygens (including phenoxy) is 1. The van der Waals surface area contributed by atoms with Crippen LogP contribution in [0.2, 0.25) is 0 Å². The number of nitrogens with one attached hydrogen (secondary N) is 1. The highest BCUT2D eigenvalue weighted by atomic mass is 16.5. The zero-order chi connectivity index (χ0) is 24.5. The third-order valence-electron chi connectivity index (χ3n) is 5.85. The topological polar surface area (TPSA) is 91.8 Å². The first-order chi connectivity index (χ1) is 17.1. The number of nitrogens with zero attached hydrogens (tertiary/aromatic N) is 3. The van der Waals surface area contributed by atoms with Crippen molar-refractivity contribution in [2.24, 2.45) is 0 Å². The monoisotopic (exact) mass is 472 g/mol. The van der Waals surface area contributed by atoms with Crippen LogP contribution in [0.4, 0.5) is 5.82 Å². The Balaban J connectivity index is 1.33.